The molecule has 2 aromatic heterocycles. The van der Waals surface area contributed by atoms with Crippen LogP contribution in [0.2, 0.25) is 0 Å². The van der Waals surface area contributed by atoms with Crippen molar-refractivity contribution in [3.8, 4) is 10.6 Å². The van der Waals surface area contributed by atoms with Gasteiger partial charge in [0, 0.05) is 11.9 Å². The molecule has 1 N–H and O–H groups in total. The molecule has 0 radical (unpaired) electrons. The van der Waals surface area contributed by atoms with Crippen LogP contribution in [-0.2, 0) is 0 Å². The van der Waals surface area contributed by atoms with Gasteiger partial charge >= 0.3 is 0 Å². The minimum atomic E-state index is 0.538. The van der Waals surface area contributed by atoms with Crippen molar-refractivity contribution in [2.45, 2.75) is 19.8 Å². The minimum absolute atomic E-state index is 0.538. The SMILES string of the molecule is Bc1ccc(-c2ccnc(Nc3ccc(C(C)C)cc3)n2)s1. The number of anilines is 2. The van der Waals surface area contributed by atoms with Crippen LogP contribution in [0.25, 0.3) is 10.6 Å². The summed E-state index contributed by atoms with van der Waals surface area (Å²) >= 11 is 1.74. The quantitative estimate of drug-likeness (QED) is 0.751. The number of aromatic nitrogens is 2. The Morgan fingerprint density at radius 2 is 1.82 bits per heavy atom. The van der Waals surface area contributed by atoms with E-state index in [1.54, 1.807) is 17.5 Å². The fourth-order valence-electron chi connectivity index (χ4n) is 2.21. The lowest BCUT2D eigenvalue weighted by atomic mass is 10.0. The molecular formula is C17H18BN3S. The standard InChI is InChI=1S/C17H18BN3S/c1-11(2)12-3-5-13(6-4-12)20-17-19-10-9-14(21-17)15-7-8-16(18)22-15/h3-11H,18H2,1-2H3,(H,19,20,21). The summed E-state index contributed by atoms with van der Waals surface area (Å²) in [6.07, 6.45) is 1.79. The fourth-order valence-corrected chi connectivity index (χ4v) is 3.05. The average Bonchev–Trinajstić information content (AvgIpc) is 2.95. The second-order valence-electron chi connectivity index (χ2n) is 5.58. The molecule has 0 amide bonds. The Labute approximate surface area is 135 Å². The highest BCUT2D eigenvalue weighted by Crippen LogP contribution is 2.23. The minimum Gasteiger partial charge on any atom is -0.324 e. The maximum Gasteiger partial charge on any atom is 0.227 e. The Morgan fingerprint density at radius 1 is 1.05 bits per heavy atom. The van der Waals surface area contributed by atoms with Gasteiger partial charge in [0.05, 0.1) is 10.6 Å². The van der Waals surface area contributed by atoms with Gasteiger partial charge in [-0.2, -0.15) is 0 Å². The van der Waals surface area contributed by atoms with E-state index in [2.05, 4.69) is 73.4 Å². The van der Waals surface area contributed by atoms with Gasteiger partial charge < -0.3 is 5.32 Å². The van der Waals surface area contributed by atoms with Gasteiger partial charge in [-0.25, -0.2) is 9.97 Å². The molecule has 110 valence electrons. The number of thiophene rings is 1. The fraction of sp³-hybridized carbons (Fsp3) is 0.176. The molecule has 0 aliphatic rings. The lowest BCUT2D eigenvalue weighted by Crippen LogP contribution is -1.98. The molecule has 0 saturated heterocycles. The Morgan fingerprint density at radius 3 is 2.45 bits per heavy atom. The van der Waals surface area contributed by atoms with Crippen LogP contribution >= 0.6 is 11.3 Å². The molecule has 2 heterocycles. The summed E-state index contributed by atoms with van der Waals surface area (Å²) in [6.45, 7) is 4.38. The number of hydrogen-bond acceptors (Lipinski definition) is 4. The molecular weight excluding hydrogens is 289 g/mol. The van der Waals surface area contributed by atoms with Crippen LogP contribution in [0.1, 0.15) is 25.3 Å². The second-order valence-corrected chi connectivity index (χ2v) is 6.87. The van der Waals surface area contributed by atoms with Crippen LogP contribution < -0.4 is 10.1 Å². The van der Waals surface area contributed by atoms with E-state index in [4.69, 9.17) is 0 Å². The first-order valence-electron chi connectivity index (χ1n) is 7.38. The first kappa shape index (κ1) is 14.8. The van der Waals surface area contributed by atoms with Gasteiger partial charge in [-0.15, -0.1) is 11.3 Å². The lowest BCUT2D eigenvalue weighted by Gasteiger charge is -2.08. The monoisotopic (exact) mass is 307 g/mol. The van der Waals surface area contributed by atoms with Crippen LogP contribution in [0.15, 0.2) is 48.7 Å². The molecule has 3 rings (SSSR count). The third-order valence-corrected chi connectivity index (χ3v) is 4.51. The van der Waals surface area contributed by atoms with Crippen molar-refractivity contribution in [3.05, 3.63) is 54.2 Å². The smallest absolute Gasteiger partial charge is 0.227 e. The number of nitrogens with zero attached hydrogens (tertiary/aromatic N) is 2. The van der Waals surface area contributed by atoms with Crippen molar-refractivity contribution >= 4 is 35.6 Å². The topological polar surface area (TPSA) is 37.8 Å². The maximum atomic E-state index is 4.60. The summed E-state index contributed by atoms with van der Waals surface area (Å²) in [5.41, 5.74) is 3.28. The first-order valence-corrected chi connectivity index (χ1v) is 8.20. The third kappa shape index (κ3) is 3.36. The van der Waals surface area contributed by atoms with E-state index in [-0.39, 0.29) is 0 Å². The normalized spacial score (nSPS) is 10.9. The molecule has 0 unspecified atom stereocenters. The average molecular weight is 307 g/mol. The third-order valence-electron chi connectivity index (χ3n) is 3.48. The van der Waals surface area contributed by atoms with Crippen molar-refractivity contribution in [1.82, 2.24) is 9.97 Å². The predicted molar refractivity (Wildman–Crippen MR) is 97.3 cm³/mol. The van der Waals surface area contributed by atoms with Crippen molar-refractivity contribution in [2.75, 3.05) is 5.32 Å². The van der Waals surface area contributed by atoms with E-state index >= 15 is 0 Å². The largest absolute Gasteiger partial charge is 0.324 e. The van der Waals surface area contributed by atoms with Gasteiger partial charge in [0.15, 0.2) is 7.85 Å². The van der Waals surface area contributed by atoms with E-state index < -0.39 is 0 Å². The molecule has 22 heavy (non-hydrogen) atoms. The maximum absolute atomic E-state index is 4.60. The molecule has 0 aliphatic carbocycles. The zero-order valence-electron chi connectivity index (χ0n) is 13.0. The number of hydrogen-bond donors (Lipinski definition) is 1. The van der Waals surface area contributed by atoms with Gasteiger partial charge in [0.1, 0.15) is 0 Å². The summed E-state index contributed by atoms with van der Waals surface area (Å²) in [7, 11) is 2.10. The van der Waals surface area contributed by atoms with Gasteiger partial charge in [0.25, 0.3) is 0 Å². The van der Waals surface area contributed by atoms with Gasteiger partial charge in [-0.1, -0.05) is 32.0 Å². The molecule has 0 spiro atoms. The van der Waals surface area contributed by atoms with Crippen LogP contribution in [0.3, 0.4) is 0 Å². The van der Waals surface area contributed by atoms with Crippen molar-refractivity contribution in [3.63, 3.8) is 0 Å². The number of nitrogens with one attached hydrogen (secondary N) is 1. The van der Waals surface area contributed by atoms with Crippen molar-refractivity contribution in [1.29, 1.82) is 0 Å². The molecule has 0 fully saturated rings. The molecule has 5 heteroatoms. The molecule has 1 aromatic carbocycles. The van der Waals surface area contributed by atoms with Crippen LogP contribution in [0.5, 0.6) is 0 Å². The Hall–Kier alpha value is -2.14. The van der Waals surface area contributed by atoms with E-state index in [9.17, 15) is 0 Å². The molecule has 0 atom stereocenters. The first-order chi connectivity index (χ1) is 10.6. The summed E-state index contributed by atoms with van der Waals surface area (Å²) in [4.78, 5) is 10.1. The molecule has 0 saturated carbocycles. The molecule has 0 bridgehead atoms. The van der Waals surface area contributed by atoms with E-state index in [1.807, 2.05) is 6.07 Å². The number of benzene rings is 1. The zero-order valence-corrected chi connectivity index (χ0v) is 13.8. The van der Waals surface area contributed by atoms with Crippen LogP contribution in [-0.4, -0.2) is 17.8 Å². The van der Waals surface area contributed by atoms with Crippen LogP contribution in [0, 0.1) is 0 Å². The molecule has 0 aliphatic heterocycles. The second kappa shape index (κ2) is 6.32. The highest BCUT2D eigenvalue weighted by atomic mass is 32.1. The van der Waals surface area contributed by atoms with E-state index in [0.717, 1.165) is 16.3 Å². The highest BCUT2D eigenvalue weighted by molar-refractivity contribution is 7.23. The van der Waals surface area contributed by atoms with Crippen molar-refractivity contribution < 1.29 is 0 Å². The molecule has 3 aromatic rings. The summed E-state index contributed by atoms with van der Waals surface area (Å²) in [5.74, 6) is 1.16. The Kier molecular flexibility index (Phi) is 4.25. The number of rotatable bonds is 4. The highest BCUT2D eigenvalue weighted by Gasteiger charge is 2.05. The van der Waals surface area contributed by atoms with E-state index in [0.29, 0.717) is 11.9 Å². The summed E-state index contributed by atoms with van der Waals surface area (Å²) < 4.78 is 1.28. The summed E-state index contributed by atoms with van der Waals surface area (Å²) in [5, 5.41) is 3.27. The van der Waals surface area contributed by atoms with Crippen molar-refractivity contribution in [2.24, 2.45) is 0 Å². The van der Waals surface area contributed by atoms with Gasteiger partial charge in [0.2, 0.25) is 5.95 Å². The van der Waals surface area contributed by atoms with Gasteiger partial charge in [-0.05, 0) is 40.5 Å². The predicted octanol–water partition coefficient (Wildman–Crippen LogP) is 3.33. The van der Waals surface area contributed by atoms with Gasteiger partial charge in [-0.3, -0.25) is 0 Å². The summed E-state index contributed by atoms with van der Waals surface area (Å²) in [6, 6.07) is 14.6. The molecule has 3 nitrogen and oxygen atoms in total. The Balaban J connectivity index is 1.80. The Bertz CT molecular complexity index is 766. The lowest BCUT2D eigenvalue weighted by molar-refractivity contribution is 0.867. The zero-order chi connectivity index (χ0) is 15.5. The van der Waals surface area contributed by atoms with Crippen LogP contribution in [0.4, 0.5) is 11.6 Å². The van der Waals surface area contributed by atoms with E-state index in [1.165, 1.54) is 10.3 Å².